The fourth-order valence-electron chi connectivity index (χ4n) is 1.78. The van der Waals surface area contributed by atoms with Gasteiger partial charge in [-0.3, -0.25) is 9.78 Å². The molecule has 0 saturated carbocycles. The molecule has 0 aromatic carbocycles. The van der Waals surface area contributed by atoms with E-state index in [0.29, 0.717) is 17.8 Å². The second-order valence-electron chi connectivity index (χ2n) is 5.98. The van der Waals surface area contributed by atoms with Crippen LogP contribution < -0.4 is 11.1 Å². The molecule has 1 aromatic heterocycles. The minimum Gasteiger partial charge on any atom is -0.397 e. The Bertz CT molecular complexity index is 410. The molecule has 5 nitrogen and oxygen atoms in total. The van der Waals surface area contributed by atoms with Gasteiger partial charge >= 0.3 is 0 Å². The maximum Gasteiger partial charge on any atom is 0.226 e. The molecule has 4 N–H and O–H groups in total. The molecular formula is C14H23N3O2. The van der Waals surface area contributed by atoms with Crippen LogP contribution in [0, 0.1) is 5.41 Å². The summed E-state index contributed by atoms with van der Waals surface area (Å²) in [5, 5.41) is 12.5. The van der Waals surface area contributed by atoms with Crippen LogP contribution in [0.15, 0.2) is 18.3 Å². The topological polar surface area (TPSA) is 88.2 Å². The van der Waals surface area contributed by atoms with E-state index in [1.165, 1.54) is 6.20 Å². The second kappa shape index (κ2) is 6.52. The second-order valence-corrected chi connectivity index (χ2v) is 5.98. The third kappa shape index (κ3) is 6.76. The average Bonchev–Trinajstić information content (AvgIpc) is 2.27. The zero-order chi connectivity index (χ0) is 14.5. The lowest BCUT2D eigenvalue weighted by atomic mass is 9.89. The van der Waals surface area contributed by atoms with Crippen molar-refractivity contribution in [3.63, 3.8) is 0 Å². The average molecular weight is 265 g/mol. The summed E-state index contributed by atoms with van der Waals surface area (Å²) in [6, 6.07) is 3.44. The Morgan fingerprint density at radius 1 is 1.47 bits per heavy atom. The van der Waals surface area contributed by atoms with E-state index in [-0.39, 0.29) is 24.3 Å². The quantitative estimate of drug-likeness (QED) is 0.744. The van der Waals surface area contributed by atoms with E-state index in [4.69, 9.17) is 5.73 Å². The molecule has 19 heavy (non-hydrogen) atoms. The molecule has 0 saturated heterocycles. The molecule has 0 aliphatic rings. The van der Waals surface area contributed by atoms with Crippen LogP contribution in [0.1, 0.15) is 32.9 Å². The zero-order valence-electron chi connectivity index (χ0n) is 11.8. The van der Waals surface area contributed by atoms with Gasteiger partial charge in [0, 0.05) is 12.2 Å². The number of hydrogen-bond donors (Lipinski definition) is 3. The molecule has 1 rings (SSSR count). The van der Waals surface area contributed by atoms with Crippen LogP contribution in [0.4, 0.5) is 5.69 Å². The number of pyridine rings is 1. The van der Waals surface area contributed by atoms with Crippen LogP contribution in [0.3, 0.4) is 0 Å². The van der Waals surface area contributed by atoms with Gasteiger partial charge in [-0.2, -0.15) is 0 Å². The van der Waals surface area contributed by atoms with E-state index in [9.17, 15) is 9.90 Å². The van der Waals surface area contributed by atoms with Crippen LogP contribution >= 0.6 is 0 Å². The van der Waals surface area contributed by atoms with Crippen LogP contribution in [0.5, 0.6) is 0 Å². The summed E-state index contributed by atoms with van der Waals surface area (Å²) in [5.74, 6) is -0.148. The first kappa shape index (κ1) is 15.4. The highest BCUT2D eigenvalue weighted by Gasteiger charge is 2.17. The maximum atomic E-state index is 11.7. The van der Waals surface area contributed by atoms with Crippen molar-refractivity contribution in [2.45, 2.75) is 39.7 Å². The van der Waals surface area contributed by atoms with E-state index >= 15 is 0 Å². The summed E-state index contributed by atoms with van der Waals surface area (Å²) < 4.78 is 0. The van der Waals surface area contributed by atoms with Crippen molar-refractivity contribution in [2.75, 3.05) is 12.3 Å². The molecule has 1 atom stereocenters. The first-order valence-electron chi connectivity index (χ1n) is 6.41. The number of nitrogens with one attached hydrogen (secondary N) is 1. The summed E-state index contributed by atoms with van der Waals surface area (Å²) in [6.07, 6.45) is 1.84. The summed E-state index contributed by atoms with van der Waals surface area (Å²) in [5.41, 5.74) is 6.80. The Hall–Kier alpha value is -1.62. The molecule has 0 spiro atoms. The lowest BCUT2D eigenvalue weighted by Gasteiger charge is -2.22. The van der Waals surface area contributed by atoms with E-state index in [0.717, 1.165) is 0 Å². The highest BCUT2D eigenvalue weighted by Crippen LogP contribution is 2.20. The number of nitrogens with two attached hydrogens (primary N) is 1. The Morgan fingerprint density at radius 3 is 2.68 bits per heavy atom. The van der Waals surface area contributed by atoms with Gasteiger partial charge in [-0.25, -0.2) is 0 Å². The number of nitrogen functional groups attached to an aromatic ring is 1. The zero-order valence-corrected chi connectivity index (χ0v) is 11.8. The first-order chi connectivity index (χ1) is 8.76. The van der Waals surface area contributed by atoms with Gasteiger partial charge in [0.15, 0.2) is 0 Å². The predicted octanol–water partition coefficient (Wildman–Crippen LogP) is 1.12. The lowest BCUT2D eigenvalue weighted by molar-refractivity contribution is -0.121. The van der Waals surface area contributed by atoms with Crippen LogP contribution in [-0.4, -0.2) is 28.6 Å². The fraction of sp³-hybridized carbons (Fsp3) is 0.571. The SMILES string of the molecule is CC(C)(C)CC(O)CNC(=O)Cc1ccc(N)cn1. The number of amides is 1. The van der Waals surface area contributed by atoms with Gasteiger partial charge in [-0.05, 0) is 24.0 Å². The third-order valence-electron chi connectivity index (χ3n) is 2.57. The molecule has 0 aliphatic heterocycles. The molecule has 5 heteroatoms. The largest absolute Gasteiger partial charge is 0.397 e. The van der Waals surface area contributed by atoms with Gasteiger partial charge in [0.1, 0.15) is 0 Å². The van der Waals surface area contributed by atoms with Crippen LogP contribution in [0.2, 0.25) is 0 Å². The number of anilines is 1. The Labute approximate surface area is 114 Å². The molecule has 1 aromatic rings. The van der Waals surface area contributed by atoms with Crippen molar-refractivity contribution in [2.24, 2.45) is 5.41 Å². The van der Waals surface area contributed by atoms with E-state index in [1.807, 2.05) is 0 Å². The highest BCUT2D eigenvalue weighted by atomic mass is 16.3. The van der Waals surface area contributed by atoms with Gasteiger partial charge in [-0.15, -0.1) is 0 Å². The Morgan fingerprint density at radius 2 is 2.16 bits per heavy atom. The number of nitrogens with zero attached hydrogens (tertiary/aromatic N) is 1. The normalized spacial score (nSPS) is 13.1. The number of aromatic nitrogens is 1. The molecule has 1 unspecified atom stereocenters. The van der Waals surface area contributed by atoms with Gasteiger partial charge in [0.05, 0.1) is 24.4 Å². The number of carbonyl (C=O) groups is 1. The summed E-state index contributed by atoms with van der Waals surface area (Å²) in [7, 11) is 0. The molecule has 0 radical (unpaired) electrons. The number of carbonyl (C=O) groups excluding carboxylic acids is 1. The lowest BCUT2D eigenvalue weighted by Crippen LogP contribution is -2.35. The number of aliphatic hydroxyl groups excluding tert-OH is 1. The molecule has 0 fully saturated rings. The van der Waals surface area contributed by atoms with Crippen LogP contribution in [-0.2, 0) is 11.2 Å². The predicted molar refractivity (Wildman–Crippen MR) is 75.4 cm³/mol. The smallest absolute Gasteiger partial charge is 0.226 e. The van der Waals surface area contributed by atoms with Crippen molar-refractivity contribution in [3.05, 3.63) is 24.0 Å². The van der Waals surface area contributed by atoms with E-state index < -0.39 is 6.10 Å². The third-order valence-corrected chi connectivity index (χ3v) is 2.57. The standard InChI is InChI=1S/C14H23N3O2/c1-14(2,3)7-12(18)9-17-13(19)6-11-5-4-10(15)8-16-11/h4-5,8,12,18H,6-7,9,15H2,1-3H3,(H,17,19). The number of hydrogen-bond acceptors (Lipinski definition) is 4. The van der Waals surface area contributed by atoms with Gasteiger partial charge in [0.2, 0.25) is 5.91 Å². The van der Waals surface area contributed by atoms with Crippen molar-refractivity contribution >= 4 is 11.6 Å². The molecular weight excluding hydrogens is 242 g/mol. The highest BCUT2D eigenvalue weighted by molar-refractivity contribution is 5.78. The first-order valence-corrected chi connectivity index (χ1v) is 6.41. The monoisotopic (exact) mass is 265 g/mol. The minimum absolute atomic E-state index is 0.0443. The van der Waals surface area contributed by atoms with E-state index in [2.05, 4.69) is 31.1 Å². The Balaban J connectivity index is 2.34. The van der Waals surface area contributed by atoms with Gasteiger partial charge < -0.3 is 16.2 Å². The summed E-state index contributed by atoms with van der Waals surface area (Å²) in [6.45, 7) is 6.42. The maximum absolute atomic E-state index is 11.7. The van der Waals surface area contributed by atoms with Crippen molar-refractivity contribution in [1.29, 1.82) is 0 Å². The van der Waals surface area contributed by atoms with Crippen molar-refractivity contribution in [1.82, 2.24) is 10.3 Å². The number of aliphatic hydroxyl groups is 1. The van der Waals surface area contributed by atoms with Crippen molar-refractivity contribution in [3.8, 4) is 0 Å². The van der Waals surface area contributed by atoms with E-state index in [1.54, 1.807) is 12.1 Å². The molecule has 1 heterocycles. The van der Waals surface area contributed by atoms with Gasteiger partial charge in [-0.1, -0.05) is 20.8 Å². The summed E-state index contributed by atoms with van der Waals surface area (Å²) >= 11 is 0. The fourth-order valence-corrected chi connectivity index (χ4v) is 1.78. The molecule has 106 valence electrons. The molecule has 0 bridgehead atoms. The minimum atomic E-state index is -0.525. The molecule has 0 aliphatic carbocycles. The van der Waals surface area contributed by atoms with Crippen molar-refractivity contribution < 1.29 is 9.90 Å². The number of rotatable bonds is 5. The Kier molecular flexibility index (Phi) is 5.30. The summed E-state index contributed by atoms with van der Waals surface area (Å²) in [4.78, 5) is 15.7. The molecule has 1 amide bonds. The van der Waals surface area contributed by atoms with Gasteiger partial charge in [0.25, 0.3) is 0 Å². The van der Waals surface area contributed by atoms with Crippen LogP contribution in [0.25, 0.3) is 0 Å².